The molecule has 88 valence electrons. The van der Waals surface area contributed by atoms with Crippen LogP contribution in [-0.2, 0) is 9.53 Å². The SMILES string of the molecule is COC(=O)C(C)CSc1cccc(OC)n1. The summed E-state index contributed by atoms with van der Waals surface area (Å²) in [5, 5.41) is 0.843. The molecule has 0 aliphatic rings. The number of pyridine rings is 1. The van der Waals surface area contributed by atoms with Crippen LogP contribution in [0.25, 0.3) is 0 Å². The fraction of sp³-hybridized carbons (Fsp3) is 0.455. The van der Waals surface area contributed by atoms with Crippen molar-refractivity contribution in [1.82, 2.24) is 4.98 Å². The molecule has 0 fully saturated rings. The number of aromatic nitrogens is 1. The Hall–Kier alpha value is -1.23. The number of thioether (sulfide) groups is 1. The molecular formula is C11H15NO3S. The molecule has 4 nitrogen and oxygen atoms in total. The van der Waals surface area contributed by atoms with Gasteiger partial charge in [-0.25, -0.2) is 4.98 Å². The minimum Gasteiger partial charge on any atom is -0.481 e. The van der Waals surface area contributed by atoms with Crippen LogP contribution >= 0.6 is 11.8 Å². The van der Waals surface area contributed by atoms with Crippen molar-refractivity contribution in [3.05, 3.63) is 18.2 Å². The highest BCUT2D eigenvalue weighted by atomic mass is 32.2. The van der Waals surface area contributed by atoms with E-state index in [2.05, 4.69) is 9.72 Å². The maximum Gasteiger partial charge on any atom is 0.309 e. The molecule has 0 saturated carbocycles. The molecule has 0 bridgehead atoms. The third-order valence-corrected chi connectivity index (χ3v) is 3.18. The molecule has 0 amide bonds. The van der Waals surface area contributed by atoms with Crippen molar-refractivity contribution in [1.29, 1.82) is 0 Å². The number of hydrogen-bond acceptors (Lipinski definition) is 5. The van der Waals surface area contributed by atoms with Gasteiger partial charge in [-0.2, -0.15) is 0 Å². The van der Waals surface area contributed by atoms with Crippen LogP contribution in [0.15, 0.2) is 23.2 Å². The van der Waals surface area contributed by atoms with Gasteiger partial charge in [-0.15, -0.1) is 11.8 Å². The summed E-state index contributed by atoms with van der Waals surface area (Å²) >= 11 is 1.51. The van der Waals surface area contributed by atoms with Crippen LogP contribution < -0.4 is 4.74 Å². The van der Waals surface area contributed by atoms with E-state index in [9.17, 15) is 4.79 Å². The van der Waals surface area contributed by atoms with Crippen LogP contribution in [0.1, 0.15) is 6.92 Å². The van der Waals surface area contributed by atoms with Gasteiger partial charge in [0.1, 0.15) is 5.03 Å². The third-order valence-electron chi connectivity index (χ3n) is 1.99. The largest absolute Gasteiger partial charge is 0.481 e. The van der Waals surface area contributed by atoms with E-state index in [-0.39, 0.29) is 11.9 Å². The minimum absolute atomic E-state index is 0.136. The van der Waals surface area contributed by atoms with Gasteiger partial charge in [0, 0.05) is 11.8 Å². The zero-order valence-electron chi connectivity index (χ0n) is 9.60. The quantitative estimate of drug-likeness (QED) is 0.583. The molecule has 0 radical (unpaired) electrons. The van der Waals surface area contributed by atoms with Gasteiger partial charge in [0.15, 0.2) is 0 Å². The summed E-state index contributed by atoms with van der Waals surface area (Å²) in [5.74, 6) is 0.890. The van der Waals surface area contributed by atoms with Gasteiger partial charge in [0.25, 0.3) is 0 Å². The molecule has 1 rings (SSSR count). The smallest absolute Gasteiger partial charge is 0.309 e. The van der Waals surface area contributed by atoms with Crippen molar-refractivity contribution in [2.45, 2.75) is 11.9 Å². The van der Waals surface area contributed by atoms with E-state index >= 15 is 0 Å². The molecule has 0 saturated heterocycles. The lowest BCUT2D eigenvalue weighted by Gasteiger charge is -2.08. The van der Waals surface area contributed by atoms with Crippen molar-refractivity contribution >= 4 is 17.7 Å². The first-order valence-corrected chi connectivity index (χ1v) is 5.87. The number of nitrogens with zero attached hydrogens (tertiary/aromatic N) is 1. The molecule has 1 aromatic heterocycles. The number of hydrogen-bond donors (Lipinski definition) is 0. The number of carbonyl (C=O) groups excluding carboxylic acids is 1. The molecule has 5 heteroatoms. The molecular weight excluding hydrogens is 226 g/mol. The van der Waals surface area contributed by atoms with Crippen LogP contribution in [0.2, 0.25) is 0 Å². The van der Waals surface area contributed by atoms with E-state index in [4.69, 9.17) is 4.74 Å². The summed E-state index contributed by atoms with van der Waals surface area (Å²) in [4.78, 5) is 15.4. The van der Waals surface area contributed by atoms with Gasteiger partial charge in [-0.05, 0) is 6.07 Å². The van der Waals surface area contributed by atoms with E-state index in [1.165, 1.54) is 18.9 Å². The Kier molecular flexibility index (Phi) is 5.11. The molecule has 0 N–H and O–H groups in total. The van der Waals surface area contributed by atoms with Crippen molar-refractivity contribution in [3.63, 3.8) is 0 Å². The Morgan fingerprint density at radius 2 is 2.25 bits per heavy atom. The molecule has 1 unspecified atom stereocenters. The van der Waals surface area contributed by atoms with Gasteiger partial charge < -0.3 is 9.47 Å². The van der Waals surface area contributed by atoms with Gasteiger partial charge in [0.2, 0.25) is 5.88 Å². The summed E-state index contributed by atoms with van der Waals surface area (Å²) in [5.41, 5.74) is 0. The summed E-state index contributed by atoms with van der Waals surface area (Å²) in [6, 6.07) is 5.54. The molecule has 16 heavy (non-hydrogen) atoms. The van der Waals surface area contributed by atoms with Crippen LogP contribution in [0, 0.1) is 5.92 Å². The van der Waals surface area contributed by atoms with Crippen LogP contribution in [0.3, 0.4) is 0 Å². The second kappa shape index (κ2) is 6.37. The molecule has 0 spiro atoms. The second-order valence-electron chi connectivity index (χ2n) is 3.25. The van der Waals surface area contributed by atoms with E-state index < -0.39 is 0 Å². The number of rotatable bonds is 5. The minimum atomic E-state index is -0.199. The lowest BCUT2D eigenvalue weighted by molar-refractivity contribution is -0.143. The van der Waals surface area contributed by atoms with E-state index in [1.807, 2.05) is 19.1 Å². The van der Waals surface area contributed by atoms with Crippen molar-refractivity contribution in [2.24, 2.45) is 5.92 Å². The maximum atomic E-state index is 11.2. The number of methoxy groups -OCH3 is 2. The Morgan fingerprint density at radius 3 is 2.88 bits per heavy atom. The number of esters is 1. The normalized spacial score (nSPS) is 11.9. The topological polar surface area (TPSA) is 48.4 Å². The second-order valence-corrected chi connectivity index (χ2v) is 4.29. The first-order valence-electron chi connectivity index (χ1n) is 4.89. The van der Waals surface area contributed by atoms with Crippen LogP contribution in [0.4, 0.5) is 0 Å². The third kappa shape index (κ3) is 3.73. The molecule has 1 atom stereocenters. The average Bonchev–Trinajstić information content (AvgIpc) is 2.35. The van der Waals surface area contributed by atoms with E-state index in [0.29, 0.717) is 11.6 Å². The summed E-state index contributed by atoms with van der Waals surface area (Å²) < 4.78 is 9.66. The lowest BCUT2D eigenvalue weighted by atomic mass is 10.2. The summed E-state index contributed by atoms with van der Waals surface area (Å²) in [6.45, 7) is 1.83. The molecule has 0 aliphatic heterocycles. The lowest BCUT2D eigenvalue weighted by Crippen LogP contribution is -2.14. The zero-order chi connectivity index (χ0) is 12.0. The Labute approximate surface area is 99.4 Å². The van der Waals surface area contributed by atoms with Crippen LogP contribution in [0.5, 0.6) is 5.88 Å². The Balaban J connectivity index is 2.51. The molecule has 0 aromatic carbocycles. The van der Waals surface area contributed by atoms with Crippen molar-refractivity contribution in [3.8, 4) is 5.88 Å². The van der Waals surface area contributed by atoms with Gasteiger partial charge in [-0.1, -0.05) is 13.0 Å². The predicted octanol–water partition coefficient (Wildman–Crippen LogP) is 1.99. The standard InChI is InChI=1S/C11H15NO3S/c1-8(11(13)15-3)7-16-10-6-4-5-9(12-10)14-2/h4-6,8H,7H2,1-3H3. The summed E-state index contributed by atoms with van der Waals surface area (Å²) in [6.07, 6.45) is 0. The maximum absolute atomic E-state index is 11.2. The average molecular weight is 241 g/mol. The number of carbonyl (C=O) groups is 1. The highest BCUT2D eigenvalue weighted by Gasteiger charge is 2.13. The van der Waals surface area contributed by atoms with E-state index in [1.54, 1.807) is 13.2 Å². The van der Waals surface area contributed by atoms with E-state index in [0.717, 1.165) is 5.03 Å². The predicted molar refractivity (Wildman–Crippen MR) is 62.7 cm³/mol. The van der Waals surface area contributed by atoms with Crippen molar-refractivity contribution in [2.75, 3.05) is 20.0 Å². The Morgan fingerprint density at radius 1 is 1.50 bits per heavy atom. The Bertz CT molecular complexity index is 357. The molecule has 1 heterocycles. The van der Waals surface area contributed by atoms with Gasteiger partial charge in [0.05, 0.1) is 20.1 Å². The summed E-state index contributed by atoms with van der Waals surface area (Å²) in [7, 11) is 2.97. The first kappa shape index (κ1) is 12.8. The first-order chi connectivity index (χ1) is 7.67. The van der Waals surface area contributed by atoms with Crippen LogP contribution in [-0.4, -0.2) is 30.9 Å². The van der Waals surface area contributed by atoms with Gasteiger partial charge >= 0.3 is 5.97 Å². The van der Waals surface area contributed by atoms with Gasteiger partial charge in [-0.3, -0.25) is 4.79 Å². The fourth-order valence-corrected chi connectivity index (χ4v) is 1.96. The highest BCUT2D eigenvalue weighted by Crippen LogP contribution is 2.21. The monoisotopic (exact) mass is 241 g/mol. The van der Waals surface area contributed by atoms with Crippen molar-refractivity contribution < 1.29 is 14.3 Å². The number of ether oxygens (including phenoxy) is 2. The highest BCUT2D eigenvalue weighted by molar-refractivity contribution is 7.99. The zero-order valence-corrected chi connectivity index (χ0v) is 10.4. The molecule has 0 aliphatic carbocycles. The fourth-order valence-electron chi connectivity index (χ4n) is 1.07. The molecule has 1 aromatic rings.